The van der Waals surface area contributed by atoms with Gasteiger partial charge in [-0.25, -0.2) is 4.98 Å². The smallest absolute Gasteiger partial charge is 0.220 e. The van der Waals surface area contributed by atoms with Crippen LogP contribution in [-0.4, -0.2) is 40.0 Å². The number of fused-ring (bicyclic) bond motifs is 1. The maximum Gasteiger partial charge on any atom is 0.220 e. The number of nitrogens with zero attached hydrogens (tertiary/aromatic N) is 3. The van der Waals surface area contributed by atoms with Gasteiger partial charge in [0.05, 0.1) is 17.1 Å². The molecule has 1 aliphatic rings. The Morgan fingerprint density at radius 2 is 1.78 bits per heavy atom. The molecule has 1 unspecified atom stereocenters. The molecule has 5 nitrogen and oxygen atoms in total. The van der Waals surface area contributed by atoms with E-state index in [0.29, 0.717) is 19.4 Å². The molecule has 0 bridgehead atoms. The molecule has 0 spiro atoms. The summed E-state index contributed by atoms with van der Waals surface area (Å²) in [7, 11) is 0. The number of carbonyl (C=O) groups excluding carboxylic acids is 1. The van der Waals surface area contributed by atoms with Gasteiger partial charge in [0, 0.05) is 30.0 Å². The lowest BCUT2D eigenvalue weighted by Gasteiger charge is -2.26. The van der Waals surface area contributed by atoms with Crippen LogP contribution >= 0.6 is 11.3 Å². The molecule has 1 N–H and O–H groups in total. The van der Waals surface area contributed by atoms with Crippen LogP contribution in [0.1, 0.15) is 36.0 Å². The fourth-order valence-corrected chi connectivity index (χ4v) is 5.44. The van der Waals surface area contributed by atoms with Crippen molar-refractivity contribution >= 4 is 28.3 Å². The molecule has 4 aromatic rings. The summed E-state index contributed by atoms with van der Waals surface area (Å²) in [6, 6.07) is 22.9. The second-order valence-corrected chi connectivity index (χ2v) is 9.25. The van der Waals surface area contributed by atoms with Crippen molar-refractivity contribution in [1.29, 1.82) is 0 Å². The number of nitrogens with one attached hydrogen (secondary N) is 1. The number of para-hydroxylation sites is 3. The summed E-state index contributed by atoms with van der Waals surface area (Å²) in [6.07, 6.45) is 3.51. The Labute approximate surface area is 192 Å². The van der Waals surface area contributed by atoms with Gasteiger partial charge in [-0.3, -0.25) is 14.3 Å². The Morgan fingerprint density at radius 1 is 1.00 bits per heavy atom. The van der Waals surface area contributed by atoms with Gasteiger partial charge in [0.1, 0.15) is 5.82 Å². The first-order valence-corrected chi connectivity index (χ1v) is 12.2. The molecular formula is C26H28N4OS. The first-order chi connectivity index (χ1) is 15.8. The summed E-state index contributed by atoms with van der Waals surface area (Å²) >= 11 is 1.78. The number of benzene rings is 2. The van der Waals surface area contributed by atoms with Crippen LogP contribution in [-0.2, 0) is 11.2 Å². The third-order valence-corrected chi connectivity index (χ3v) is 7.14. The number of aromatic nitrogens is 2. The monoisotopic (exact) mass is 444 g/mol. The van der Waals surface area contributed by atoms with Crippen LogP contribution in [0.3, 0.4) is 0 Å². The molecule has 32 heavy (non-hydrogen) atoms. The van der Waals surface area contributed by atoms with E-state index in [2.05, 4.69) is 50.5 Å². The van der Waals surface area contributed by atoms with Crippen LogP contribution in [0.25, 0.3) is 16.7 Å². The highest BCUT2D eigenvalue weighted by Gasteiger charge is 2.24. The molecule has 1 aliphatic heterocycles. The first kappa shape index (κ1) is 20.9. The van der Waals surface area contributed by atoms with Gasteiger partial charge in [-0.2, -0.15) is 0 Å². The molecule has 6 heteroatoms. The van der Waals surface area contributed by atoms with Gasteiger partial charge in [-0.05, 0) is 61.6 Å². The number of aryl methyl sites for hydroxylation is 1. The van der Waals surface area contributed by atoms with Crippen molar-refractivity contribution in [1.82, 2.24) is 19.8 Å². The molecular weight excluding hydrogens is 416 g/mol. The van der Waals surface area contributed by atoms with Gasteiger partial charge >= 0.3 is 0 Å². The van der Waals surface area contributed by atoms with Crippen molar-refractivity contribution in [3.63, 3.8) is 0 Å². The normalized spacial score (nSPS) is 15.2. The lowest BCUT2D eigenvalue weighted by atomic mass is 10.2. The number of imidazole rings is 1. The van der Waals surface area contributed by atoms with E-state index >= 15 is 0 Å². The van der Waals surface area contributed by atoms with E-state index in [4.69, 9.17) is 4.98 Å². The summed E-state index contributed by atoms with van der Waals surface area (Å²) in [5, 5.41) is 5.32. The molecule has 164 valence electrons. The lowest BCUT2D eigenvalue weighted by molar-refractivity contribution is -0.121. The zero-order valence-electron chi connectivity index (χ0n) is 18.1. The Balaban J connectivity index is 1.28. The molecule has 5 rings (SSSR count). The van der Waals surface area contributed by atoms with Gasteiger partial charge in [0.2, 0.25) is 5.91 Å². The summed E-state index contributed by atoms with van der Waals surface area (Å²) in [5.41, 5.74) is 3.10. The molecule has 3 heterocycles. The molecule has 1 amide bonds. The molecule has 0 radical (unpaired) electrons. The van der Waals surface area contributed by atoms with Crippen molar-refractivity contribution in [3.8, 4) is 5.69 Å². The van der Waals surface area contributed by atoms with Gasteiger partial charge in [-0.1, -0.05) is 36.4 Å². The quantitative estimate of drug-likeness (QED) is 0.417. The molecule has 0 saturated carbocycles. The number of carbonyl (C=O) groups is 1. The largest absolute Gasteiger partial charge is 0.354 e. The zero-order valence-corrected chi connectivity index (χ0v) is 18.9. The van der Waals surface area contributed by atoms with Crippen molar-refractivity contribution in [2.45, 2.75) is 31.7 Å². The van der Waals surface area contributed by atoms with Gasteiger partial charge in [-0.15, -0.1) is 11.3 Å². The number of hydrogen-bond acceptors (Lipinski definition) is 4. The minimum absolute atomic E-state index is 0.0809. The van der Waals surface area contributed by atoms with Crippen molar-refractivity contribution in [2.75, 3.05) is 19.6 Å². The SMILES string of the molecule is O=C(CCc1nc2ccccc2n1-c1ccccc1)NCC(c1cccs1)N1CCCC1. The van der Waals surface area contributed by atoms with E-state index in [0.717, 1.165) is 35.6 Å². The maximum atomic E-state index is 12.8. The average molecular weight is 445 g/mol. The van der Waals surface area contributed by atoms with E-state index < -0.39 is 0 Å². The van der Waals surface area contributed by atoms with Crippen molar-refractivity contribution in [3.05, 3.63) is 82.8 Å². The molecule has 1 saturated heterocycles. The highest BCUT2D eigenvalue weighted by atomic mass is 32.1. The minimum Gasteiger partial charge on any atom is -0.354 e. The summed E-state index contributed by atoms with van der Waals surface area (Å²) in [6.45, 7) is 2.88. The van der Waals surface area contributed by atoms with Crippen LogP contribution in [0.2, 0.25) is 0 Å². The Morgan fingerprint density at radius 3 is 2.56 bits per heavy atom. The number of likely N-dealkylation sites (tertiary alicyclic amines) is 1. The Kier molecular flexibility index (Phi) is 6.32. The second-order valence-electron chi connectivity index (χ2n) is 8.27. The lowest BCUT2D eigenvalue weighted by Crippen LogP contribution is -2.36. The van der Waals surface area contributed by atoms with Gasteiger partial charge < -0.3 is 5.32 Å². The number of hydrogen-bond donors (Lipinski definition) is 1. The van der Waals surface area contributed by atoms with Crippen LogP contribution < -0.4 is 5.32 Å². The number of amides is 1. The first-order valence-electron chi connectivity index (χ1n) is 11.4. The minimum atomic E-state index is 0.0809. The topological polar surface area (TPSA) is 50.2 Å². The zero-order chi connectivity index (χ0) is 21.8. The molecule has 1 fully saturated rings. The summed E-state index contributed by atoms with van der Waals surface area (Å²) in [4.78, 5) is 21.5. The Bertz CT molecular complexity index is 1160. The van der Waals surface area contributed by atoms with Gasteiger partial charge in [0.25, 0.3) is 0 Å². The third kappa shape index (κ3) is 4.47. The van der Waals surface area contributed by atoms with E-state index in [-0.39, 0.29) is 11.9 Å². The molecule has 1 atom stereocenters. The van der Waals surface area contributed by atoms with Crippen molar-refractivity contribution < 1.29 is 4.79 Å². The Hall–Kier alpha value is -2.96. The molecule has 0 aliphatic carbocycles. The van der Waals surface area contributed by atoms with Crippen LogP contribution in [0.4, 0.5) is 0 Å². The standard InChI is InChI=1S/C26H28N4OS/c31-26(27-19-23(24-13-8-18-32-24)29-16-6-7-17-29)15-14-25-28-21-11-4-5-12-22(21)30(25)20-9-2-1-3-10-20/h1-5,8-13,18,23H,6-7,14-17,19H2,(H,27,31). The number of thiophene rings is 1. The highest BCUT2D eigenvalue weighted by Crippen LogP contribution is 2.28. The van der Waals surface area contributed by atoms with Crippen LogP contribution in [0.15, 0.2) is 72.1 Å². The molecule has 2 aromatic carbocycles. The second kappa shape index (κ2) is 9.67. The fourth-order valence-electron chi connectivity index (χ4n) is 4.58. The fraction of sp³-hybridized carbons (Fsp3) is 0.308. The van der Waals surface area contributed by atoms with E-state index in [1.165, 1.54) is 17.7 Å². The number of rotatable bonds is 8. The van der Waals surface area contributed by atoms with Gasteiger partial charge in [0.15, 0.2) is 0 Å². The summed E-state index contributed by atoms with van der Waals surface area (Å²) < 4.78 is 2.17. The van der Waals surface area contributed by atoms with E-state index in [1.54, 1.807) is 11.3 Å². The van der Waals surface area contributed by atoms with Crippen LogP contribution in [0, 0.1) is 0 Å². The summed E-state index contributed by atoms with van der Waals surface area (Å²) in [5.74, 6) is 0.999. The predicted octanol–water partition coefficient (Wildman–Crippen LogP) is 4.97. The maximum absolute atomic E-state index is 12.8. The van der Waals surface area contributed by atoms with Crippen molar-refractivity contribution in [2.24, 2.45) is 0 Å². The van der Waals surface area contributed by atoms with E-state index in [9.17, 15) is 4.79 Å². The molecule has 2 aromatic heterocycles. The predicted molar refractivity (Wildman–Crippen MR) is 130 cm³/mol. The van der Waals surface area contributed by atoms with E-state index in [1.807, 2.05) is 36.4 Å². The average Bonchev–Trinajstić information content (AvgIpc) is 3.60. The van der Waals surface area contributed by atoms with Crippen LogP contribution in [0.5, 0.6) is 0 Å². The highest BCUT2D eigenvalue weighted by molar-refractivity contribution is 7.10. The third-order valence-electron chi connectivity index (χ3n) is 6.17.